The van der Waals surface area contributed by atoms with Crippen molar-refractivity contribution in [3.05, 3.63) is 77.4 Å². The number of likely N-dealkylation sites (N-methyl/N-ethyl adjacent to an activating group) is 1. The van der Waals surface area contributed by atoms with Gasteiger partial charge in [-0.1, -0.05) is 44.2 Å². The predicted molar refractivity (Wildman–Crippen MR) is 268 cm³/mol. The van der Waals surface area contributed by atoms with E-state index >= 15 is 9.59 Å². The number of ether oxygens (including phenoxy) is 2. The SMILES string of the molecule is CC[C@]1(O)[CH]C2CN(CCc3c([nH]c4ccccc34)[C@@](C(=O)OC)(c3cc4c(cc3OC)N(C)C3C45CCN4CC=C[C@](CC)(C45)[C@@H](O)[C@]3(O)C(=O)NCC34CCC(CNCC(C)=O)(CC3)CC4)C2)C1. The molecule has 3 aromatic rings. The lowest BCUT2D eigenvalue weighted by atomic mass is 9.47. The fourth-order valence-electron chi connectivity index (χ4n) is 16.6. The van der Waals surface area contributed by atoms with Gasteiger partial charge in [0.25, 0.3) is 5.91 Å². The minimum atomic E-state index is -2.25. The van der Waals surface area contributed by atoms with E-state index in [1.165, 1.54) is 7.11 Å². The predicted octanol–water partition coefficient (Wildman–Crippen LogP) is 4.70. The third-order valence-electron chi connectivity index (χ3n) is 20.0. The number of aliphatic hydroxyl groups excluding tert-OH is 1. The van der Waals surface area contributed by atoms with Crippen LogP contribution in [0.4, 0.5) is 5.69 Å². The number of hydrogen-bond donors (Lipinski definition) is 6. The van der Waals surface area contributed by atoms with Crippen molar-refractivity contribution in [2.24, 2.45) is 22.2 Å². The van der Waals surface area contributed by atoms with E-state index in [0.717, 1.165) is 78.5 Å². The first-order valence-corrected chi connectivity index (χ1v) is 26.3. The lowest BCUT2D eigenvalue weighted by molar-refractivity contribution is -0.204. The number of anilines is 1. The van der Waals surface area contributed by atoms with Gasteiger partial charge in [-0.25, -0.2) is 0 Å². The molecule has 1 spiro atoms. The van der Waals surface area contributed by atoms with Crippen LogP contribution in [0.5, 0.6) is 5.75 Å². The number of aromatic nitrogens is 1. The Morgan fingerprint density at radius 1 is 0.914 bits per heavy atom. The molecule has 9 aliphatic rings. The molecule has 377 valence electrons. The van der Waals surface area contributed by atoms with Crippen LogP contribution in [-0.4, -0.2) is 151 Å². The first kappa shape index (κ1) is 48.0. The summed E-state index contributed by atoms with van der Waals surface area (Å²) >= 11 is 0. The summed E-state index contributed by atoms with van der Waals surface area (Å²) in [6.45, 7) is 10.5. The topological polar surface area (TPSA) is 180 Å². The average molecular weight is 960 g/mol. The number of Topliss-reactive ketones (excluding diaryl/α,β-unsaturated/α-hetero) is 1. The summed E-state index contributed by atoms with van der Waals surface area (Å²) in [6.07, 6.45) is 13.3. The van der Waals surface area contributed by atoms with E-state index in [1.807, 2.05) is 37.1 Å². The summed E-state index contributed by atoms with van der Waals surface area (Å²) < 4.78 is 12.5. The molecule has 70 heavy (non-hydrogen) atoms. The number of rotatable bonds is 12. The Bertz CT molecular complexity index is 2610. The van der Waals surface area contributed by atoms with Gasteiger partial charge in [0, 0.05) is 97.1 Å². The highest BCUT2D eigenvalue weighted by molar-refractivity contribution is 5.95. The molecule has 4 aliphatic carbocycles. The molecule has 6 heterocycles. The number of aromatic amines is 1. The van der Waals surface area contributed by atoms with Gasteiger partial charge in [-0.2, -0.15) is 0 Å². The molecular weight excluding hydrogens is 885 g/mol. The maximum absolute atomic E-state index is 15.5. The van der Waals surface area contributed by atoms with Gasteiger partial charge in [0.2, 0.25) is 0 Å². The maximum atomic E-state index is 15.5. The zero-order valence-corrected chi connectivity index (χ0v) is 42.2. The summed E-state index contributed by atoms with van der Waals surface area (Å²) in [5, 5.41) is 46.7. The van der Waals surface area contributed by atoms with Crippen molar-refractivity contribution < 1.29 is 39.2 Å². The molecule has 4 saturated carbocycles. The van der Waals surface area contributed by atoms with Gasteiger partial charge in [0.05, 0.1) is 32.4 Å². The van der Waals surface area contributed by atoms with Crippen LogP contribution in [-0.2, 0) is 36.4 Å². The van der Waals surface area contributed by atoms with Crippen LogP contribution in [0.25, 0.3) is 10.9 Å². The normalized spacial score (nSPS) is 39.3. The Kier molecular flexibility index (Phi) is 11.6. The van der Waals surface area contributed by atoms with Crippen LogP contribution in [0.3, 0.4) is 0 Å². The van der Waals surface area contributed by atoms with E-state index in [9.17, 15) is 20.1 Å². The van der Waals surface area contributed by atoms with Gasteiger partial charge in [-0.05, 0) is 131 Å². The standard InChI is InChI=1S/C56H75N6O8/c1-7-52(67)28-36-29-55(49(66)70-6,44-38(14-24-61(31-36)34-52)37-12-9-10-13-41(37)59-44)40-26-39-42(27-43(40)69-5)60(4)46-54(39)22-25-62-23-11-15-53(8-2,45(54)62)47(64)56(46,68)48(65)58-33-51-19-16-50(17-20-51,18-21-51)32-57-30-35(3)63/h9-13,15,26-28,36,45-47,57,59,64,67-68H,7-8,14,16-25,29-34H2,1-6H3,(H,58,65)/t36?,45?,46?,47-,50?,51?,52+,53-,54?,55+,56+/m1/s1. The van der Waals surface area contributed by atoms with Crippen molar-refractivity contribution in [2.75, 3.05) is 78.5 Å². The highest BCUT2D eigenvalue weighted by atomic mass is 16.5. The third-order valence-corrected chi connectivity index (χ3v) is 20.0. The van der Waals surface area contributed by atoms with Crippen molar-refractivity contribution >= 4 is 34.3 Å². The number of carbonyl (C=O) groups excluding carboxylic acids is 3. The second-order valence-electron chi connectivity index (χ2n) is 23.3. The summed E-state index contributed by atoms with van der Waals surface area (Å²) in [7, 11) is 5.02. The van der Waals surface area contributed by atoms with E-state index in [0.29, 0.717) is 89.2 Å². The summed E-state index contributed by atoms with van der Waals surface area (Å²) in [4.78, 5) is 53.4. The van der Waals surface area contributed by atoms with Crippen LogP contribution in [0.2, 0.25) is 0 Å². The number of nitrogens with zero attached hydrogens (tertiary/aromatic N) is 3. The molecule has 14 nitrogen and oxygen atoms in total. The molecule has 14 heteroatoms. The lowest BCUT2D eigenvalue weighted by Crippen LogP contribution is -2.82. The maximum Gasteiger partial charge on any atom is 0.322 e. The zero-order chi connectivity index (χ0) is 49.2. The molecule has 4 bridgehead atoms. The number of piperidine rings is 1. The number of aliphatic hydroxyl groups is 3. The van der Waals surface area contributed by atoms with Crippen LogP contribution in [0.1, 0.15) is 107 Å². The number of hydrogen-bond acceptors (Lipinski definition) is 12. The number of amides is 1. The number of ketones is 1. The van der Waals surface area contributed by atoms with E-state index in [-0.39, 0.29) is 28.6 Å². The van der Waals surface area contributed by atoms with Gasteiger partial charge in [-0.3, -0.25) is 24.2 Å². The molecule has 6 N–H and O–H groups in total. The van der Waals surface area contributed by atoms with Crippen molar-refractivity contribution in [2.45, 2.75) is 132 Å². The summed E-state index contributed by atoms with van der Waals surface area (Å²) in [6, 6.07) is 11.2. The quantitative estimate of drug-likeness (QED) is 0.109. The lowest BCUT2D eigenvalue weighted by Gasteiger charge is -2.63. The van der Waals surface area contributed by atoms with Crippen molar-refractivity contribution in [3.8, 4) is 5.75 Å². The molecule has 1 amide bonds. The van der Waals surface area contributed by atoms with E-state index in [1.54, 1.807) is 14.0 Å². The molecule has 2 aromatic carbocycles. The number of para-hydroxylation sites is 1. The van der Waals surface area contributed by atoms with E-state index in [2.05, 4.69) is 69.1 Å². The second kappa shape index (κ2) is 16.9. The molecular formula is C56H75N6O8. The zero-order valence-electron chi connectivity index (χ0n) is 42.2. The van der Waals surface area contributed by atoms with Crippen LogP contribution < -0.4 is 20.3 Å². The third kappa shape index (κ3) is 6.67. The Morgan fingerprint density at radius 3 is 2.33 bits per heavy atom. The number of nitrogens with one attached hydrogen (secondary N) is 3. The molecule has 5 unspecified atom stereocenters. The minimum Gasteiger partial charge on any atom is -0.496 e. The number of fused-ring (bicyclic) bond motifs is 9. The Morgan fingerprint density at radius 2 is 1.64 bits per heavy atom. The smallest absolute Gasteiger partial charge is 0.322 e. The molecule has 2 saturated heterocycles. The minimum absolute atomic E-state index is 0.113. The molecule has 5 aliphatic heterocycles. The summed E-state index contributed by atoms with van der Waals surface area (Å²) in [5.74, 6) is -0.595. The first-order valence-electron chi connectivity index (χ1n) is 26.3. The van der Waals surface area contributed by atoms with Gasteiger partial charge < -0.3 is 45.3 Å². The Hall–Kier alpha value is -4.31. The van der Waals surface area contributed by atoms with E-state index < -0.39 is 51.5 Å². The number of H-pyrrole nitrogens is 1. The fraction of sp³-hybridized carbons (Fsp3) is 0.643. The number of methoxy groups -OCH3 is 2. The van der Waals surface area contributed by atoms with Gasteiger partial charge in [0.1, 0.15) is 23.1 Å². The second-order valence-corrected chi connectivity index (χ2v) is 23.3. The van der Waals surface area contributed by atoms with Crippen LogP contribution in [0, 0.1) is 28.6 Å². The average Bonchev–Trinajstić information content (AvgIpc) is 4.03. The molecule has 6 fully saturated rings. The van der Waals surface area contributed by atoms with Crippen molar-refractivity contribution in [1.82, 2.24) is 25.4 Å². The van der Waals surface area contributed by atoms with Gasteiger partial charge in [0.15, 0.2) is 5.60 Å². The molecule has 10 atom stereocenters. The Labute approximate surface area is 412 Å². The highest BCUT2D eigenvalue weighted by Crippen LogP contribution is 2.68. The Balaban J connectivity index is 1.05. The largest absolute Gasteiger partial charge is 0.496 e. The fourth-order valence-corrected chi connectivity index (χ4v) is 16.6. The monoisotopic (exact) mass is 960 g/mol. The van der Waals surface area contributed by atoms with Crippen molar-refractivity contribution in [1.29, 1.82) is 0 Å². The molecule has 1 aromatic heterocycles. The number of esters is 1. The first-order chi connectivity index (χ1) is 33.5. The highest BCUT2D eigenvalue weighted by Gasteiger charge is 2.79. The van der Waals surface area contributed by atoms with Gasteiger partial charge in [-0.15, -0.1) is 0 Å². The summed E-state index contributed by atoms with van der Waals surface area (Å²) in [5.41, 5.74) is -1.55. The van der Waals surface area contributed by atoms with Gasteiger partial charge >= 0.3 is 5.97 Å². The van der Waals surface area contributed by atoms with Crippen molar-refractivity contribution in [3.63, 3.8) is 0 Å². The number of carbonyl (C=O) groups is 3. The molecule has 12 rings (SSSR count). The van der Waals surface area contributed by atoms with Crippen LogP contribution >= 0.6 is 0 Å². The molecule has 1 radical (unpaired) electrons. The van der Waals surface area contributed by atoms with E-state index in [4.69, 9.17) is 9.47 Å². The van der Waals surface area contributed by atoms with Crippen LogP contribution in [0.15, 0.2) is 48.6 Å². The number of benzene rings is 2.